The highest BCUT2D eigenvalue weighted by Gasteiger charge is 2.04. The molecule has 0 aliphatic carbocycles. The van der Waals surface area contributed by atoms with Crippen LogP contribution in [-0.2, 0) is 6.54 Å². The summed E-state index contributed by atoms with van der Waals surface area (Å²) in [5, 5.41) is 22.0. The van der Waals surface area contributed by atoms with Crippen molar-refractivity contribution in [2.45, 2.75) is 26.8 Å². The third-order valence-electron chi connectivity index (χ3n) is 2.31. The van der Waals surface area contributed by atoms with E-state index >= 15 is 0 Å². The lowest BCUT2D eigenvalue weighted by molar-refractivity contribution is 0.397. The van der Waals surface area contributed by atoms with E-state index in [4.69, 9.17) is 0 Å². The van der Waals surface area contributed by atoms with E-state index < -0.39 is 0 Å². The Bertz CT molecular complexity index is 310. The molecule has 0 unspecified atom stereocenters. The van der Waals surface area contributed by atoms with Crippen molar-refractivity contribution >= 4 is 0 Å². The number of phenols is 2. The van der Waals surface area contributed by atoms with Crippen LogP contribution in [0.5, 0.6) is 11.5 Å². The lowest BCUT2D eigenvalue weighted by atomic mass is 10.1. The van der Waals surface area contributed by atoms with Crippen molar-refractivity contribution in [3.05, 3.63) is 23.8 Å². The third-order valence-corrected chi connectivity index (χ3v) is 2.31. The standard InChI is InChI=1S/C12H19NO2/c1-9(2)6-7-13-8-10-4-3-5-11(14)12(10)15/h3-5,9,13-15H,6-8H2,1-2H3. The van der Waals surface area contributed by atoms with Crippen molar-refractivity contribution in [1.29, 1.82) is 0 Å². The van der Waals surface area contributed by atoms with Crippen LogP contribution in [0.1, 0.15) is 25.8 Å². The van der Waals surface area contributed by atoms with Crippen molar-refractivity contribution in [2.75, 3.05) is 6.54 Å². The number of rotatable bonds is 5. The van der Waals surface area contributed by atoms with Crippen LogP contribution in [0.25, 0.3) is 0 Å². The molecule has 0 atom stereocenters. The summed E-state index contributed by atoms with van der Waals surface area (Å²) in [6, 6.07) is 5.01. The van der Waals surface area contributed by atoms with Gasteiger partial charge in [0.15, 0.2) is 11.5 Å². The highest BCUT2D eigenvalue weighted by molar-refractivity contribution is 5.44. The minimum atomic E-state index is -0.0573. The van der Waals surface area contributed by atoms with Gasteiger partial charge in [0, 0.05) is 12.1 Å². The van der Waals surface area contributed by atoms with E-state index in [2.05, 4.69) is 19.2 Å². The van der Waals surface area contributed by atoms with Gasteiger partial charge in [-0.05, 0) is 24.9 Å². The van der Waals surface area contributed by atoms with Gasteiger partial charge in [-0.25, -0.2) is 0 Å². The molecular formula is C12H19NO2. The Morgan fingerprint density at radius 2 is 2.00 bits per heavy atom. The highest BCUT2D eigenvalue weighted by Crippen LogP contribution is 2.27. The van der Waals surface area contributed by atoms with Gasteiger partial charge in [-0.2, -0.15) is 0 Å². The van der Waals surface area contributed by atoms with E-state index in [1.165, 1.54) is 6.07 Å². The highest BCUT2D eigenvalue weighted by atomic mass is 16.3. The lowest BCUT2D eigenvalue weighted by Gasteiger charge is -2.08. The summed E-state index contributed by atoms with van der Waals surface area (Å²) in [6.07, 6.45) is 1.11. The van der Waals surface area contributed by atoms with Crippen molar-refractivity contribution in [2.24, 2.45) is 5.92 Å². The van der Waals surface area contributed by atoms with Crippen LogP contribution in [0.15, 0.2) is 18.2 Å². The van der Waals surface area contributed by atoms with Crippen LogP contribution in [0.3, 0.4) is 0 Å². The molecule has 1 aromatic rings. The Labute approximate surface area is 90.8 Å². The smallest absolute Gasteiger partial charge is 0.161 e. The molecule has 1 aromatic carbocycles. The number of para-hydroxylation sites is 1. The molecule has 3 N–H and O–H groups in total. The molecule has 0 saturated heterocycles. The zero-order valence-corrected chi connectivity index (χ0v) is 9.33. The molecule has 0 spiro atoms. The molecule has 0 aliphatic heterocycles. The molecule has 0 aromatic heterocycles. The molecule has 0 fully saturated rings. The van der Waals surface area contributed by atoms with E-state index in [0.717, 1.165) is 18.5 Å². The Morgan fingerprint density at radius 3 is 2.67 bits per heavy atom. The Hall–Kier alpha value is -1.22. The van der Waals surface area contributed by atoms with E-state index in [1.807, 2.05) is 0 Å². The molecule has 3 heteroatoms. The zero-order chi connectivity index (χ0) is 11.3. The monoisotopic (exact) mass is 209 g/mol. The first-order valence-corrected chi connectivity index (χ1v) is 5.31. The first kappa shape index (κ1) is 11.9. The van der Waals surface area contributed by atoms with Gasteiger partial charge < -0.3 is 15.5 Å². The van der Waals surface area contributed by atoms with Gasteiger partial charge in [-0.3, -0.25) is 0 Å². The summed E-state index contributed by atoms with van der Waals surface area (Å²) in [5.41, 5.74) is 0.735. The second-order valence-corrected chi connectivity index (χ2v) is 4.14. The van der Waals surface area contributed by atoms with E-state index in [-0.39, 0.29) is 11.5 Å². The Kier molecular flexibility index (Phi) is 4.43. The predicted octanol–water partition coefficient (Wildman–Crippen LogP) is 2.23. The normalized spacial score (nSPS) is 10.9. The summed E-state index contributed by atoms with van der Waals surface area (Å²) in [4.78, 5) is 0. The number of hydrogen-bond acceptors (Lipinski definition) is 3. The maximum Gasteiger partial charge on any atom is 0.161 e. The Morgan fingerprint density at radius 1 is 1.27 bits per heavy atom. The van der Waals surface area contributed by atoms with Gasteiger partial charge in [-0.1, -0.05) is 26.0 Å². The first-order valence-electron chi connectivity index (χ1n) is 5.31. The first-order chi connectivity index (χ1) is 7.11. The van der Waals surface area contributed by atoms with Crippen LogP contribution in [0.4, 0.5) is 0 Å². The number of nitrogens with one attached hydrogen (secondary N) is 1. The van der Waals surface area contributed by atoms with E-state index in [1.54, 1.807) is 12.1 Å². The van der Waals surface area contributed by atoms with Gasteiger partial charge in [0.1, 0.15) is 0 Å². The summed E-state index contributed by atoms with van der Waals surface area (Å²) < 4.78 is 0. The number of benzene rings is 1. The van der Waals surface area contributed by atoms with Crippen LogP contribution in [0, 0.1) is 5.92 Å². The molecule has 0 heterocycles. The molecule has 0 saturated carbocycles. The topological polar surface area (TPSA) is 52.5 Å². The molecule has 84 valence electrons. The van der Waals surface area contributed by atoms with E-state index in [0.29, 0.717) is 12.5 Å². The molecule has 1 rings (SSSR count). The predicted molar refractivity (Wildman–Crippen MR) is 60.9 cm³/mol. The fraction of sp³-hybridized carbons (Fsp3) is 0.500. The average Bonchev–Trinajstić information content (AvgIpc) is 2.18. The van der Waals surface area contributed by atoms with Crippen LogP contribution < -0.4 is 5.32 Å². The summed E-state index contributed by atoms with van der Waals surface area (Å²) in [7, 11) is 0. The average molecular weight is 209 g/mol. The van der Waals surface area contributed by atoms with Crippen molar-refractivity contribution < 1.29 is 10.2 Å². The SMILES string of the molecule is CC(C)CCNCc1cccc(O)c1O. The maximum atomic E-state index is 9.52. The second-order valence-electron chi connectivity index (χ2n) is 4.14. The van der Waals surface area contributed by atoms with Crippen LogP contribution >= 0.6 is 0 Å². The zero-order valence-electron chi connectivity index (χ0n) is 9.33. The van der Waals surface area contributed by atoms with Gasteiger partial charge >= 0.3 is 0 Å². The minimum Gasteiger partial charge on any atom is -0.504 e. The molecule has 0 amide bonds. The van der Waals surface area contributed by atoms with E-state index in [9.17, 15) is 10.2 Å². The number of hydrogen-bond donors (Lipinski definition) is 3. The van der Waals surface area contributed by atoms with Crippen LogP contribution in [-0.4, -0.2) is 16.8 Å². The maximum absolute atomic E-state index is 9.52. The second kappa shape index (κ2) is 5.61. The lowest BCUT2D eigenvalue weighted by Crippen LogP contribution is -2.16. The summed E-state index contributed by atoms with van der Waals surface area (Å²) >= 11 is 0. The van der Waals surface area contributed by atoms with Gasteiger partial charge in [0.05, 0.1) is 0 Å². The summed E-state index contributed by atoms with van der Waals surface area (Å²) in [6.45, 7) is 5.86. The van der Waals surface area contributed by atoms with Gasteiger partial charge in [0.25, 0.3) is 0 Å². The molecule has 15 heavy (non-hydrogen) atoms. The van der Waals surface area contributed by atoms with Crippen molar-refractivity contribution in [1.82, 2.24) is 5.32 Å². The van der Waals surface area contributed by atoms with Crippen molar-refractivity contribution in [3.63, 3.8) is 0 Å². The number of phenolic OH excluding ortho intramolecular Hbond substituents is 2. The quantitative estimate of drug-likeness (QED) is 0.515. The number of aromatic hydroxyl groups is 2. The third kappa shape index (κ3) is 3.80. The molecule has 0 radical (unpaired) electrons. The van der Waals surface area contributed by atoms with Gasteiger partial charge in [0.2, 0.25) is 0 Å². The summed E-state index contributed by atoms with van der Waals surface area (Å²) in [5.74, 6) is 0.600. The minimum absolute atomic E-state index is 0.0189. The molecule has 0 bridgehead atoms. The largest absolute Gasteiger partial charge is 0.504 e. The molecule has 0 aliphatic rings. The van der Waals surface area contributed by atoms with Gasteiger partial charge in [-0.15, -0.1) is 0 Å². The van der Waals surface area contributed by atoms with Crippen molar-refractivity contribution in [3.8, 4) is 11.5 Å². The molecule has 3 nitrogen and oxygen atoms in total. The fourth-order valence-electron chi connectivity index (χ4n) is 1.33. The van der Waals surface area contributed by atoms with Crippen LogP contribution in [0.2, 0.25) is 0 Å². The fourth-order valence-corrected chi connectivity index (χ4v) is 1.33. The Balaban J connectivity index is 2.41. The molecular weight excluding hydrogens is 190 g/mol.